The molecule has 106 valence electrons. The van der Waals surface area contributed by atoms with Crippen LogP contribution in [0.25, 0.3) is 0 Å². The van der Waals surface area contributed by atoms with Crippen molar-refractivity contribution in [3.63, 3.8) is 0 Å². The quantitative estimate of drug-likeness (QED) is 0.515. The zero-order chi connectivity index (χ0) is 14.7. The maximum atomic E-state index is 11.8. The van der Waals surface area contributed by atoms with Crippen molar-refractivity contribution in [1.82, 2.24) is 10.3 Å². The number of carbonyl (C=O) groups excluding carboxylic acids is 1. The SMILES string of the molecule is CC(C)(CNC(=O)c1cccc(NN)n1)S(C)(=O)=O. The largest absolute Gasteiger partial charge is 0.349 e. The van der Waals surface area contributed by atoms with E-state index in [2.05, 4.69) is 15.7 Å². The number of hydrogen-bond donors (Lipinski definition) is 3. The van der Waals surface area contributed by atoms with Crippen LogP contribution >= 0.6 is 0 Å². The van der Waals surface area contributed by atoms with E-state index < -0.39 is 20.5 Å². The van der Waals surface area contributed by atoms with E-state index in [-0.39, 0.29) is 12.2 Å². The van der Waals surface area contributed by atoms with Gasteiger partial charge in [0.1, 0.15) is 11.5 Å². The molecule has 0 radical (unpaired) electrons. The fourth-order valence-electron chi connectivity index (χ4n) is 1.16. The predicted molar refractivity (Wildman–Crippen MR) is 73.3 cm³/mol. The minimum Gasteiger partial charge on any atom is -0.349 e. The van der Waals surface area contributed by atoms with Crippen molar-refractivity contribution in [3.05, 3.63) is 23.9 Å². The summed E-state index contributed by atoms with van der Waals surface area (Å²) >= 11 is 0. The molecule has 0 atom stereocenters. The van der Waals surface area contributed by atoms with E-state index in [1.54, 1.807) is 26.0 Å². The van der Waals surface area contributed by atoms with Gasteiger partial charge in [-0.2, -0.15) is 0 Å². The summed E-state index contributed by atoms with van der Waals surface area (Å²) in [6, 6.07) is 4.75. The minimum absolute atomic E-state index is 0.00658. The Hall–Kier alpha value is -1.67. The lowest BCUT2D eigenvalue weighted by Gasteiger charge is -2.22. The van der Waals surface area contributed by atoms with Crippen LogP contribution in [0.15, 0.2) is 18.2 Å². The molecule has 0 aromatic carbocycles. The highest BCUT2D eigenvalue weighted by Gasteiger charge is 2.30. The normalized spacial score (nSPS) is 12.0. The van der Waals surface area contributed by atoms with E-state index in [0.717, 1.165) is 6.26 Å². The number of nitrogen functional groups attached to an aromatic ring is 1. The van der Waals surface area contributed by atoms with Crippen molar-refractivity contribution in [3.8, 4) is 0 Å². The molecular formula is C11H18N4O3S. The third-order valence-corrected chi connectivity index (χ3v) is 4.96. The summed E-state index contributed by atoms with van der Waals surface area (Å²) in [6.07, 6.45) is 1.14. The number of hydrazine groups is 1. The molecule has 19 heavy (non-hydrogen) atoms. The molecule has 0 spiro atoms. The summed E-state index contributed by atoms with van der Waals surface area (Å²) in [5.41, 5.74) is 2.50. The predicted octanol–water partition coefficient (Wildman–Crippen LogP) is -0.0798. The van der Waals surface area contributed by atoms with Gasteiger partial charge in [-0.3, -0.25) is 4.79 Å². The van der Waals surface area contributed by atoms with Gasteiger partial charge < -0.3 is 10.7 Å². The second kappa shape index (κ2) is 5.54. The van der Waals surface area contributed by atoms with Gasteiger partial charge in [0.2, 0.25) is 0 Å². The highest BCUT2D eigenvalue weighted by atomic mass is 32.2. The van der Waals surface area contributed by atoms with Gasteiger partial charge in [-0.1, -0.05) is 6.07 Å². The molecule has 1 aromatic heterocycles. The molecule has 0 saturated heterocycles. The van der Waals surface area contributed by atoms with Gasteiger partial charge in [0.25, 0.3) is 5.91 Å². The number of nitrogens with two attached hydrogens (primary N) is 1. The third-order valence-electron chi connectivity index (χ3n) is 2.81. The Morgan fingerprint density at radius 3 is 2.58 bits per heavy atom. The van der Waals surface area contributed by atoms with Crippen LogP contribution in [0.1, 0.15) is 24.3 Å². The van der Waals surface area contributed by atoms with Crippen LogP contribution in [0.3, 0.4) is 0 Å². The summed E-state index contributed by atoms with van der Waals surface area (Å²) in [5.74, 6) is 5.10. The fourth-order valence-corrected chi connectivity index (χ4v) is 1.49. The average molecular weight is 286 g/mol. The molecule has 0 bridgehead atoms. The molecule has 0 aliphatic rings. The van der Waals surface area contributed by atoms with Crippen LogP contribution in [0.4, 0.5) is 5.82 Å². The van der Waals surface area contributed by atoms with E-state index in [1.807, 2.05) is 0 Å². The second-order valence-electron chi connectivity index (χ2n) is 4.77. The summed E-state index contributed by atoms with van der Waals surface area (Å²) in [6.45, 7) is 3.11. The maximum Gasteiger partial charge on any atom is 0.270 e. The number of sulfone groups is 1. The molecule has 0 unspecified atom stereocenters. The van der Waals surface area contributed by atoms with E-state index >= 15 is 0 Å². The molecule has 4 N–H and O–H groups in total. The second-order valence-corrected chi connectivity index (χ2v) is 7.42. The Labute approximate surface area is 112 Å². The molecule has 1 aromatic rings. The van der Waals surface area contributed by atoms with Gasteiger partial charge in [0, 0.05) is 12.8 Å². The first-order valence-corrected chi connectivity index (χ1v) is 7.48. The van der Waals surface area contributed by atoms with Crippen LogP contribution < -0.4 is 16.6 Å². The Bertz CT molecular complexity index is 569. The first-order chi connectivity index (χ1) is 8.67. The zero-order valence-corrected chi connectivity index (χ0v) is 11.9. The Morgan fingerprint density at radius 1 is 1.42 bits per heavy atom. The summed E-state index contributed by atoms with van der Waals surface area (Å²) in [5, 5.41) is 2.55. The Morgan fingerprint density at radius 2 is 2.05 bits per heavy atom. The average Bonchev–Trinajstić information content (AvgIpc) is 2.34. The molecule has 1 amide bonds. The van der Waals surface area contributed by atoms with Crippen molar-refractivity contribution < 1.29 is 13.2 Å². The Kier molecular flexibility index (Phi) is 4.48. The molecule has 0 aliphatic heterocycles. The van der Waals surface area contributed by atoms with E-state index in [4.69, 9.17) is 5.84 Å². The van der Waals surface area contributed by atoms with Crippen molar-refractivity contribution in [1.29, 1.82) is 0 Å². The number of anilines is 1. The molecular weight excluding hydrogens is 268 g/mol. The smallest absolute Gasteiger partial charge is 0.270 e. The molecule has 7 nitrogen and oxygen atoms in total. The zero-order valence-electron chi connectivity index (χ0n) is 11.1. The van der Waals surface area contributed by atoms with Gasteiger partial charge in [0.15, 0.2) is 9.84 Å². The summed E-state index contributed by atoms with van der Waals surface area (Å²) in [7, 11) is -3.26. The van der Waals surface area contributed by atoms with Gasteiger partial charge in [0.05, 0.1) is 4.75 Å². The van der Waals surface area contributed by atoms with E-state index in [0.29, 0.717) is 5.82 Å². The number of hydrogen-bond acceptors (Lipinski definition) is 6. The van der Waals surface area contributed by atoms with Crippen molar-refractivity contribution >= 4 is 21.6 Å². The highest BCUT2D eigenvalue weighted by Crippen LogP contribution is 2.13. The molecule has 0 aliphatic carbocycles. The third kappa shape index (κ3) is 3.90. The number of aromatic nitrogens is 1. The molecule has 0 saturated carbocycles. The van der Waals surface area contributed by atoms with Crippen LogP contribution in [0, 0.1) is 0 Å². The van der Waals surface area contributed by atoms with Crippen molar-refractivity contribution in [2.24, 2.45) is 5.84 Å². The first kappa shape index (κ1) is 15.4. The van der Waals surface area contributed by atoms with Crippen LogP contribution in [-0.4, -0.2) is 36.9 Å². The van der Waals surface area contributed by atoms with Crippen LogP contribution in [0.5, 0.6) is 0 Å². The number of nitrogens with one attached hydrogen (secondary N) is 2. The van der Waals surface area contributed by atoms with Gasteiger partial charge in [-0.05, 0) is 26.0 Å². The van der Waals surface area contributed by atoms with Crippen molar-refractivity contribution in [2.45, 2.75) is 18.6 Å². The number of carbonyl (C=O) groups is 1. The number of nitrogens with zero attached hydrogens (tertiary/aromatic N) is 1. The number of rotatable bonds is 5. The van der Waals surface area contributed by atoms with E-state index in [1.165, 1.54) is 6.07 Å². The van der Waals surface area contributed by atoms with E-state index in [9.17, 15) is 13.2 Å². The lowest BCUT2D eigenvalue weighted by molar-refractivity contribution is 0.0945. The molecule has 0 fully saturated rings. The van der Waals surface area contributed by atoms with Crippen LogP contribution in [0.2, 0.25) is 0 Å². The summed E-state index contributed by atoms with van der Waals surface area (Å²) < 4.78 is 22.0. The maximum absolute atomic E-state index is 11.8. The lowest BCUT2D eigenvalue weighted by atomic mass is 10.2. The first-order valence-electron chi connectivity index (χ1n) is 5.59. The monoisotopic (exact) mass is 286 g/mol. The molecule has 1 rings (SSSR count). The van der Waals surface area contributed by atoms with Gasteiger partial charge >= 0.3 is 0 Å². The van der Waals surface area contributed by atoms with Crippen LogP contribution in [-0.2, 0) is 9.84 Å². The Balaban J connectivity index is 2.76. The number of pyridine rings is 1. The standard InChI is InChI=1S/C11H18N4O3S/c1-11(2,19(3,17)18)7-13-10(16)8-5-4-6-9(14-8)15-12/h4-6H,7,12H2,1-3H3,(H,13,16)(H,14,15). The van der Waals surface area contributed by atoms with Gasteiger partial charge in [-0.25, -0.2) is 19.2 Å². The minimum atomic E-state index is -3.26. The molecule has 1 heterocycles. The topological polar surface area (TPSA) is 114 Å². The lowest BCUT2D eigenvalue weighted by Crippen LogP contribution is -2.43. The highest BCUT2D eigenvalue weighted by molar-refractivity contribution is 7.92. The fraction of sp³-hybridized carbons (Fsp3) is 0.455. The number of amides is 1. The van der Waals surface area contributed by atoms with Crippen molar-refractivity contribution in [2.75, 3.05) is 18.2 Å². The van der Waals surface area contributed by atoms with Gasteiger partial charge in [-0.15, -0.1) is 0 Å². The summed E-state index contributed by atoms with van der Waals surface area (Å²) in [4.78, 5) is 15.8. The molecule has 8 heteroatoms.